The summed E-state index contributed by atoms with van der Waals surface area (Å²) in [6.45, 7) is 5.22. The average molecular weight is 297 g/mol. The van der Waals surface area contributed by atoms with Crippen LogP contribution in [0.1, 0.15) is 27.2 Å². The van der Waals surface area contributed by atoms with Gasteiger partial charge >= 0.3 is 5.97 Å². The molecule has 1 heterocycles. The van der Waals surface area contributed by atoms with E-state index in [1.807, 2.05) is 6.92 Å². The molecule has 7 heteroatoms. The number of rotatable bonds is 2. The van der Waals surface area contributed by atoms with E-state index in [9.17, 15) is 18.3 Å². The molecule has 0 aromatic heterocycles. The molecule has 1 aliphatic heterocycles. The molecule has 0 bridgehead atoms. The molecule has 20 heavy (non-hydrogen) atoms. The van der Waals surface area contributed by atoms with E-state index in [1.54, 1.807) is 13.8 Å². The van der Waals surface area contributed by atoms with Gasteiger partial charge in [-0.1, -0.05) is 12.1 Å². The largest absolute Gasteiger partial charge is 0.478 e. The van der Waals surface area contributed by atoms with Crippen molar-refractivity contribution in [3.05, 3.63) is 22.8 Å². The van der Waals surface area contributed by atoms with E-state index in [2.05, 4.69) is 5.16 Å². The van der Waals surface area contributed by atoms with Crippen LogP contribution >= 0.6 is 0 Å². The molecule has 0 saturated carbocycles. The maximum absolute atomic E-state index is 11.3. The normalized spacial score (nSPS) is 26.1. The van der Waals surface area contributed by atoms with Crippen molar-refractivity contribution in [1.82, 2.24) is 0 Å². The van der Waals surface area contributed by atoms with Crippen molar-refractivity contribution in [2.24, 2.45) is 11.1 Å². The molecule has 0 radical (unpaired) electrons. The lowest BCUT2D eigenvalue weighted by molar-refractivity contribution is -0.132. The number of oxime groups is 1. The Balaban J connectivity index is 2.57. The first-order valence-corrected chi connectivity index (χ1v) is 7.21. The lowest BCUT2D eigenvalue weighted by Crippen LogP contribution is -2.29. The van der Waals surface area contributed by atoms with Gasteiger partial charge < -0.3 is 9.94 Å². The molecule has 2 rings (SSSR count). The lowest BCUT2D eigenvalue weighted by atomic mass is 9.80. The Morgan fingerprint density at radius 2 is 2.10 bits per heavy atom. The predicted octanol–water partition coefficient (Wildman–Crippen LogP) is 1.18. The molecule has 2 unspecified atom stereocenters. The highest BCUT2D eigenvalue weighted by atomic mass is 32.2. The number of carboxylic acid groups (broad SMARTS) is 1. The molecule has 2 aliphatic rings. The van der Waals surface area contributed by atoms with E-state index in [0.717, 1.165) is 5.71 Å². The molecule has 0 amide bonds. The highest BCUT2D eigenvalue weighted by Crippen LogP contribution is 2.34. The SMILES string of the molecule is CC1=NOC(C2=C(C)C(C(=O)O)=CC(=S(=O)=O)C2C)C1. The second kappa shape index (κ2) is 5.24. The van der Waals surface area contributed by atoms with Crippen LogP contribution in [-0.4, -0.2) is 36.2 Å². The van der Waals surface area contributed by atoms with Crippen molar-refractivity contribution < 1.29 is 23.2 Å². The molecule has 0 spiro atoms. The van der Waals surface area contributed by atoms with E-state index >= 15 is 0 Å². The first-order chi connectivity index (χ1) is 9.32. The van der Waals surface area contributed by atoms with Crippen molar-refractivity contribution in [2.45, 2.75) is 33.3 Å². The highest BCUT2D eigenvalue weighted by Gasteiger charge is 2.35. The molecule has 0 aromatic rings. The van der Waals surface area contributed by atoms with Crippen LogP contribution in [0.15, 0.2) is 28.0 Å². The van der Waals surface area contributed by atoms with E-state index in [-0.39, 0.29) is 10.4 Å². The number of allylic oxidation sites excluding steroid dienone is 1. The van der Waals surface area contributed by atoms with E-state index < -0.39 is 28.3 Å². The molecule has 1 aliphatic carbocycles. The minimum atomic E-state index is -2.46. The van der Waals surface area contributed by atoms with Gasteiger partial charge in [0.1, 0.15) is 0 Å². The van der Waals surface area contributed by atoms with Crippen molar-refractivity contribution in [2.75, 3.05) is 0 Å². The van der Waals surface area contributed by atoms with Gasteiger partial charge in [-0.2, -0.15) is 8.42 Å². The Morgan fingerprint density at radius 3 is 2.55 bits per heavy atom. The molecule has 0 aromatic carbocycles. The fourth-order valence-electron chi connectivity index (χ4n) is 2.61. The van der Waals surface area contributed by atoms with Crippen molar-refractivity contribution >= 4 is 26.8 Å². The number of carbonyl (C=O) groups is 1. The van der Waals surface area contributed by atoms with Crippen LogP contribution in [0.4, 0.5) is 0 Å². The smallest absolute Gasteiger partial charge is 0.335 e. The molecule has 108 valence electrons. The third-order valence-electron chi connectivity index (χ3n) is 3.60. The van der Waals surface area contributed by atoms with Crippen LogP contribution in [0.25, 0.3) is 0 Å². The number of aliphatic carboxylic acids is 1. The Morgan fingerprint density at radius 1 is 1.45 bits per heavy atom. The predicted molar refractivity (Wildman–Crippen MR) is 74.1 cm³/mol. The first-order valence-electron chi connectivity index (χ1n) is 6.14. The zero-order valence-electron chi connectivity index (χ0n) is 11.4. The van der Waals surface area contributed by atoms with Crippen molar-refractivity contribution in [3.63, 3.8) is 0 Å². The lowest BCUT2D eigenvalue weighted by Gasteiger charge is -2.26. The van der Waals surface area contributed by atoms with Crippen LogP contribution in [0.5, 0.6) is 0 Å². The summed E-state index contributed by atoms with van der Waals surface area (Å²) in [5.74, 6) is -1.56. The van der Waals surface area contributed by atoms with Crippen LogP contribution < -0.4 is 0 Å². The van der Waals surface area contributed by atoms with Crippen molar-refractivity contribution in [1.29, 1.82) is 0 Å². The number of carboxylic acids is 1. The van der Waals surface area contributed by atoms with Gasteiger partial charge in [-0.3, -0.25) is 0 Å². The van der Waals surface area contributed by atoms with Gasteiger partial charge in [0.05, 0.1) is 16.1 Å². The third kappa shape index (κ3) is 2.40. The van der Waals surface area contributed by atoms with Crippen LogP contribution in [-0.2, 0) is 19.9 Å². The second-order valence-electron chi connectivity index (χ2n) is 4.93. The Labute approximate surface area is 118 Å². The van der Waals surface area contributed by atoms with Crippen LogP contribution in [0.2, 0.25) is 0 Å². The molecule has 6 nitrogen and oxygen atoms in total. The Bertz CT molecular complexity index is 688. The van der Waals surface area contributed by atoms with E-state index in [1.165, 1.54) is 6.08 Å². The molecule has 0 fully saturated rings. The van der Waals surface area contributed by atoms with Crippen LogP contribution in [0, 0.1) is 5.92 Å². The summed E-state index contributed by atoms with van der Waals surface area (Å²) in [6, 6.07) is 0. The minimum Gasteiger partial charge on any atom is -0.478 e. The first kappa shape index (κ1) is 14.5. The number of nitrogens with zero attached hydrogens (tertiary/aromatic N) is 1. The average Bonchev–Trinajstić information content (AvgIpc) is 2.75. The van der Waals surface area contributed by atoms with Gasteiger partial charge in [-0.15, -0.1) is 0 Å². The fraction of sp³-hybridized carbons (Fsp3) is 0.462. The van der Waals surface area contributed by atoms with Crippen molar-refractivity contribution in [3.8, 4) is 0 Å². The van der Waals surface area contributed by atoms with Gasteiger partial charge in [0.25, 0.3) is 0 Å². The Hall–Kier alpha value is -1.89. The van der Waals surface area contributed by atoms with E-state index in [4.69, 9.17) is 4.84 Å². The highest BCUT2D eigenvalue weighted by molar-refractivity contribution is 7.73. The standard InChI is InChI=1S/C13H15NO5S/c1-6-4-10(19-14-6)12-7(2)9(13(15)16)5-11(8(12)3)20(17)18/h5,8,10H,4H2,1-3H3,(H,15,16). The zero-order chi connectivity index (χ0) is 15.0. The van der Waals surface area contributed by atoms with Gasteiger partial charge in [-0.05, 0) is 31.1 Å². The van der Waals surface area contributed by atoms with Gasteiger partial charge in [-0.25, -0.2) is 4.79 Å². The molecule has 2 atom stereocenters. The summed E-state index contributed by atoms with van der Waals surface area (Å²) in [5, 5.41) is 13.1. The molecule has 0 saturated heterocycles. The molecule has 1 N–H and O–H groups in total. The fourth-order valence-corrected chi connectivity index (χ4v) is 3.24. The second-order valence-corrected chi connectivity index (χ2v) is 5.87. The summed E-state index contributed by atoms with van der Waals surface area (Å²) in [5.41, 5.74) is 2.02. The van der Waals surface area contributed by atoms with Gasteiger partial charge in [0.15, 0.2) is 6.10 Å². The minimum absolute atomic E-state index is 0.00884. The zero-order valence-corrected chi connectivity index (χ0v) is 12.2. The monoisotopic (exact) mass is 297 g/mol. The van der Waals surface area contributed by atoms with Gasteiger partial charge in [0.2, 0.25) is 10.3 Å². The quantitative estimate of drug-likeness (QED) is 0.772. The summed E-state index contributed by atoms with van der Waals surface area (Å²) in [6.07, 6.45) is 1.37. The number of hydrogen-bond donors (Lipinski definition) is 1. The van der Waals surface area contributed by atoms with E-state index in [0.29, 0.717) is 17.6 Å². The van der Waals surface area contributed by atoms with Crippen LogP contribution in [0.3, 0.4) is 0 Å². The maximum atomic E-state index is 11.3. The molecular weight excluding hydrogens is 282 g/mol. The molecular formula is C13H15NO5S. The third-order valence-corrected chi connectivity index (χ3v) is 4.46. The topological polar surface area (TPSA) is 93.0 Å². The summed E-state index contributed by atoms with van der Waals surface area (Å²) in [4.78, 5) is 16.6. The number of hydrogen-bond acceptors (Lipinski definition) is 5. The maximum Gasteiger partial charge on any atom is 0.335 e. The summed E-state index contributed by atoms with van der Waals surface area (Å²) >= 11 is 0. The summed E-state index contributed by atoms with van der Waals surface area (Å²) in [7, 11) is -2.46. The Kier molecular flexibility index (Phi) is 3.80. The summed E-state index contributed by atoms with van der Waals surface area (Å²) < 4.78 is 22.6. The van der Waals surface area contributed by atoms with Gasteiger partial charge in [0, 0.05) is 12.3 Å².